The van der Waals surface area contributed by atoms with Gasteiger partial charge in [-0.15, -0.1) is 0 Å². The summed E-state index contributed by atoms with van der Waals surface area (Å²) >= 11 is 0. The number of amides is 3. The smallest absolute Gasteiger partial charge is 0.411 e. The van der Waals surface area contributed by atoms with E-state index in [1.807, 2.05) is 56.0 Å². The van der Waals surface area contributed by atoms with E-state index in [0.717, 1.165) is 35.1 Å². The number of benzene rings is 2. The van der Waals surface area contributed by atoms with Crippen molar-refractivity contribution >= 4 is 34.5 Å². The summed E-state index contributed by atoms with van der Waals surface area (Å²) in [6.07, 6.45) is 4.66. The molecule has 2 saturated heterocycles. The molecule has 226 valence electrons. The van der Waals surface area contributed by atoms with Crippen LogP contribution in [-0.4, -0.2) is 61.6 Å². The third kappa shape index (κ3) is 5.13. The number of para-hydroxylation sites is 1. The first-order valence-electron chi connectivity index (χ1n) is 14.9. The molecule has 3 aliphatic heterocycles. The van der Waals surface area contributed by atoms with Crippen LogP contribution in [0.15, 0.2) is 53.3 Å². The fraction of sp³-hybridized carbons (Fsp3) is 0.455. The number of carbonyl (C=O) groups excluding carboxylic acids is 3. The fourth-order valence-corrected chi connectivity index (χ4v) is 6.77. The predicted octanol–water partition coefficient (Wildman–Crippen LogP) is 4.79. The van der Waals surface area contributed by atoms with Gasteiger partial charge in [0.2, 0.25) is 5.91 Å². The second-order valence-corrected chi connectivity index (χ2v) is 12.7. The Morgan fingerprint density at radius 1 is 1.00 bits per heavy atom. The second-order valence-electron chi connectivity index (χ2n) is 12.7. The molecule has 10 heteroatoms. The number of likely N-dealkylation sites (tertiary alicyclic amines) is 1. The zero-order valence-corrected chi connectivity index (χ0v) is 25.3. The van der Waals surface area contributed by atoms with E-state index in [-0.39, 0.29) is 55.1 Å². The number of ether oxygens (including phenoxy) is 2. The lowest BCUT2D eigenvalue weighted by Gasteiger charge is -2.35. The molecule has 0 spiro atoms. The van der Waals surface area contributed by atoms with Crippen LogP contribution in [0.5, 0.6) is 5.75 Å². The van der Waals surface area contributed by atoms with E-state index in [1.165, 1.54) is 4.90 Å². The number of methoxy groups -OCH3 is 1. The van der Waals surface area contributed by atoms with Crippen molar-refractivity contribution in [2.75, 3.05) is 7.11 Å². The van der Waals surface area contributed by atoms with Crippen molar-refractivity contribution in [3.63, 3.8) is 0 Å². The molecule has 0 radical (unpaired) electrons. The normalized spacial score (nSPS) is 22.3. The molecule has 43 heavy (non-hydrogen) atoms. The molecule has 0 N–H and O–H groups in total. The van der Waals surface area contributed by atoms with Gasteiger partial charge in [-0.05, 0) is 75.8 Å². The van der Waals surface area contributed by atoms with E-state index in [0.29, 0.717) is 17.7 Å². The standard InChI is InChI=1S/C33H38N4O6/c1-33(2,3)43-32(41)36-22-11-12-23(36)18-21(17-22)25-7-6-8-26-29(25)34(4)31(40)37(26)27-15-16-28(38)35(30(27)39)19-20-9-13-24(42-5)14-10-20/h6-10,13-14,17,22-23,27H,11-12,15-16,18-19H2,1-5H3. The molecule has 3 atom stereocenters. The number of hydrogen-bond donors (Lipinski definition) is 0. The molecular formula is C33H38N4O6. The van der Waals surface area contributed by atoms with E-state index in [2.05, 4.69) is 6.08 Å². The Morgan fingerprint density at radius 3 is 2.42 bits per heavy atom. The second kappa shape index (κ2) is 10.7. The molecule has 2 aromatic carbocycles. The van der Waals surface area contributed by atoms with Gasteiger partial charge in [0.25, 0.3) is 5.91 Å². The molecule has 0 saturated carbocycles. The van der Waals surface area contributed by atoms with Crippen molar-refractivity contribution in [3.05, 3.63) is 70.2 Å². The molecule has 6 rings (SSSR count). The number of hydrogen-bond acceptors (Lipinski definition) is 6. The maximum Gasteiger partial charge on any atom is 0.411 e. The highest BCUT2D eigenvalue weighted by molar-refractivity contribution is 6.00. The van der Waals surface area contributed by atoms with Crippen molar-refractivity contribution < 1.29 is 23.9 Å². The van der Waals surface area contributed by atoms with E-state index < -0.39 is 11.6 Å². The maximum atomic E-state index is 13.8. The van der Waals surface area contributed by atoms with E-state index in [4.69, 9.17) is 9.47 Å². The predicted molar refractivity (Wildman–Crippen MR) is 161 cm³/mol. The van der Waals surface area contributed by atoms with Gasteiger partial charge in [-0.2, -0.15) is 0 Å². The van der Waals surface area contributed by atoms with Crippen LogP contribution >= 0.6 is 0 Å². The van der Waals surface area contributed by atoms with Crippen LogP contribution in [0.25, 0.3) is 16.6 Å². The van der Waals surface area contributed by atoms with Gasteiger partial charge >= 0.3 is 11.8 Å². The average Bonchev–Trinajstić information content (AvgIpc) is 3.39. The number of carbonyl (C=O) groups is 3. The van der Waals surface area contributed by atoms with E-state index in [1.54, 1.807) is 35.4 Å². The largest absolute Gasteiger partial charge is 0.497 e. The first kappa shape index (κ1) is 28.8. The first-order chi connectivity index (χ1) is 20.5. The zero-order chi connectivity index (χ0) is 30.6. The molecule has 10 nitrogen and oxygen atoms in total. The third-order valence-corrected chi connectivity index (χ3v) is 8.74. The quantitative estimate of drug-likeness (QED) is 0.398. The molecule has 4 heterocycles. The van der Waals surface area contributed by atoms with Crippen LogP contribution in [0.4, 0.5) is 4.79 Å². The Bertz CT molecular complexity index is 1690. The van der Waals surface area contributed by atoms with Gasteiger partial charge in [0.15, 0.2) is 0 Å². The highest BCUT2D eigenvalue weighted by atomic mass is 16.6. The molecule has 1 aromatic heterocycles. The summed E-state index contributed by atoms with van der Waals surface area (Å²) in [7, 11) is 3.31. The number of imidazole rings is 1. The Labute approximate surface area is 250 Å². The Kier molecular flexibility index (Phi) is 7.18. The first-order valence-corrected chi connectivity index (χ1v) is 14.9. The van der Waals surface area contributed by atoms with Crippen LogP contribution in [0.1, 0.15) is 70.0 Å². The van der Waals surface area contributed by atoms with Gasteiger partial charge in [-0.25, -0.2) is 9.59 Å². The van der Waals surface area contributed by atoms with Crippen LogP contribution < -0.4 is 10.4 Å². The van der Waals surface area contributed by atoms with Gasteiger partial charge in [-0.1, -0.05) is 30.3 Å². The molecule has 2 bridgehead atoms. The monoisotopic (exact) mass is 586 g/mol. The lowest BCUT2D eigenvalue weighted by Crippen LogP contribution is -2.47. The number of aryl methyl sites for hydroxylation is 1. The van der Waals surface area contributed by atoms with Crippen LogP contribution in [0.2, 0.25) is 0 Å². The Balaban J connectivity index is 1.33. The van der Waals surface area contributed by atoms with Crippen molar-refractivity contribution in [1.82, 2.24) is 18.9 Å². The SMILES string of the molecule is COc1ccc(CN2C(=O)CCC(n3c(=O)n(C)c4c(C5=CC6CCC(C5)N6C(=O)OC(C)(C)C)cccc43)C2=O)cc1. The Hall–Kier alpha value is -4.34. The highest BCUT2D eigenvalue weighted by Crippen LogP contribution is 2.41. The topological polar surface area (TPSA) is 103 Å². The van der Waals surface area contributed by atoms with Crippen LogP contribution in [-0.2, 0) is 27.9 Å². The molecule has 3 aliphatic rings. The van der Waals surface area contributed by atoms with Gasteiger partial charge < -0.3 is 9.47 Å². The third-order valence-electron chi connectivity index (χ3n) is 8.74. The van der Waals surface area contributed by atoms with Crippen molar-refractivity contribution in [3.8, 4) is 5.75 Å². The molecule has 0 aliphatic carbocycles. The summed E-state index contributed by atoms with van der Waals surface area (Å²) in [5.41, 5.74) is 3.34. The Morgan fingerprint density at radius 2 is 1.74 bits per heavy atom. The summed E-state index contributed by atoms with van der Waals surface area (Å²) in [6, 6.07) is 12.2. The average molecular weight is 587 g/mol. The summed E-state index contributed by atoms with van der Waals surface area (Å²) < 4.78 is 14.1. The highest BCUT2D eigenvalue weighted by Gasteiger charge is 2.42. The van der Waals surface area contributed by atoms with E-state index >= 15 is 0 Å². The molecule has 2 fully saturated rings. The summed E-state index contributed by atoms with van der Waals surface area (Å²) in [5.74, 6) is 0.0630. The van der Waals surface area contributed by atoms with Crippen molar-refractivity contribution in [2.24, 2.45) is 7.05 Å². The van der Waals surface area contributed by atoms with Gasteiger partial charge in [0.1, 0.15) is 17.4 Å². The number of imide groups is 1. The summed E-state index contributed by atoms with van der Waals surface area (Å²) in [6.45, 7) is 5.74. The minimum Gasteiger partial charge on any atom is -0.497 e. The lowest BCUT2D eigenvalue weighted by molar-refractivity contribution is -0.151. The van der Waals surface area contributed by atoms with Crippen molar-refractivity contribution in [2.45, 2.75) is 83.1 Å². The number of fused-ring (bicyclic) bond motifs is 3. The number of nitrogens with zero attached hydrogens (tertiary/aromatic N) is 4. The lowest BCUT2D eigenvalue weighted by atomic mass is 9.93. The van der Waals surface area contributed by atoms with Crippen molar-refractivity contribution in [1.29, 1.82) is 0 Å². The van der Waals surface area contributed by atoms with Crippen LogP contribution in [0, 0.1) is 0 Å². The van der Waals surface area contributed by atoms with Gasteiger partial charge in [0, 0.05) is 25.1 Å². The van der Waals surface area contributed by atoms with Gasteiger partial charge in [0.05, 0.1) is 30.7 Å². The molecule has 3 unspecified atom stereocenters. The molecule has 3 aromatic rings. The van der Waals surface area contributed by atoms with Crippen LogP contribution in [0.3, 0.4) is 0 Å². The fourth-order valence-electron chi connectivity index (χ4n) is 6.77. The number of aromatic nitrogens is 2. The van der Waals surface area contributed by atoms with E-state index in [9.17, 15) is 19.2 Å². The minimum absolute atomic E-state index is 0.0201. The number of rotatable bonds is 5. The maximum absolute atomic E-state index is 13.8. The summed E-state index contributed by atoms with van der Waals surface area (Å²) in [4.78, 5) is 56.6. The molecule has 3 amide bonds. The zero-order valence-electron chi connectivity index (χ0n) is 25.3. The summed E-state index contributed by atoms with van der Waals surface area (Å²) in [5, 5.41) is 0. The molecular weight excluding hydrogens is 548 g/mol. The minimum atomic E-state index is -0.790. The number of piperidine rings is 1. The van der Waals surface area contributed by atoms with Gasteiger partial charge in [-0.3, -0.25) is 28.5 Å².